The van der Waals surface area contributed by atoms with Crippen molar-refractivity contribution in [1.82, 2.24) is 25.3 Å². The minimum Gasteiger partial charge on any atom is -0.365 e. The van der Waals surface area contributed by atoms with Crippen LogP contribution in [-0.2, 0) is 4.79 Å². The van der Waals surface area contributed by atoms with Gasteiger partial charge in [-0.05, 0) is 38.2 Å². The van der Waals surface area contributed by atoms with Crippen LogP contribution >= 0.6 is 11.6 Å². The molecule has 1 aliphatic carbocycles. The van der Waals surface area contributed by atoms with Crippen LogP contribution in [0.2, 0.25) is 5.02 Å². The number of carbonyl (C=O) groups excluding carboxylic acids is 1. The van der Waals surface area contributed by atoms with Gasteiger partial charge in [0, 0.05) is 42.4 Å². The number of fused-ring (bicyclic) bond motifs is 1. The van der Waals surface area contributed by atoms with Crippen LogP contribution in [-0.4, -0.2) is 38.4 Å². The Hall–Kier alpha value is -2.74. The van der Waals surface area contributed by atoms with E-state index in [1.54, 1.807) is 18.5 Å². The van der Waals surface area contributed by atoms with E-state index in [0.29, 0.717) is 35.0 Å². The Labute approximate surface area is 178 Å². The van der Waals surface area contributed by atoms with E-state index in [1.807, 2.05) is 6.92 Å². The lowest BCUT2D eigenvalue weighted by atomic mass is 9.83. The predicted molar refractivity (Wildman–Crippen MR) is 115 cm³/mol. The van der Waals surface area contributed by atoms with E-state index in [-0.39, 0.29) is 23.7 Å². The average molecular weight is 431 g/mol. The van der Waals surface area contributed by atoms with Gasteiger partial charge in [0.05, 0.1) is 11.2 Å². The summed E-state index contributed by atoms with van der Waals surface area (Å²) in [6.07, 6.45) is 8.71. The molecule has 3 N–H and O–H groups in total. The number of rotatable bonds is 6. The third kappa shape index (κ3) is 4.53. The molecule has 30 heavy (non-hydrogen) atoms. The maximum atomic E-state index is 14.5. The van der Waals surface area contributed by atoms with Crippen molar-refractivity contribution < 1.29 is 9.18 Å². The first-order chi connectivity index (χ1) is 14.5. The van der Waals surface area contributed by atoms with Crippen LogP contribution in [0.5, 0.6) is 0 Å². The predicted octanol–water partition coefficient (Wildman–Crippen LogP) is 4.31. The van der Waals surface area contributed by atoms with Crippen LogP contribution in [0.1, 0.15) is 39.0 Å². The third-order valence-corrected chi connectivity index (χ3v) is 5.66. The number of aromatic amines is 1. The van der Waals surface area contributed by atoms with E-state index in [9.17, 15) is 9.18 Å². The van der Waals surface area contributed by atoms with Crippen molar-refractivity contribution in [2.75, 3.05) is 11.9 Å². The van der Waals surface area contributed by atoms with Gasteiger partial charge in [0.1, 0.15) is 5.65 Å². The highest BCUT2D eigenvalue weighted by Crippen LogP contribution is 2.31. The molecule has 1 aliphatic rings. The molecule has 3 aromatic heterocycles. The van der Waals surface area contributed by atoms with Crippen molar-refractivity contribution in [2.24, 2.45) is 5.92 Å². The molecular formula is C21H24ClFN6O. The van der Waals surface area contributed by atoms with E-state index in [4.69, 9.17) is 11.6 Å². The summed E-state index contributed by atoms with van der Waals surface area (Å²) >= 11 is 6.07. The summed E-state index contributed by atoms with van der Waals surface area (Å²) in [6, 6.07) is 1.84. The summed E-state index contributed by atoms with van der Waals surface area (Å²) < 4.78 is 14.5. The van der Waals surface area contributed by atoms with Crippen molar-refractivity contribution in [3.8, 4) is 11.4 Å². The summed E-state index contributed by atoms with van der Waals surface area (Å²) in [6.45, 7) is 2.55. The highest BCUT2D eigenvalue weighted by molar-refractivity contribution is 6.31. The Kier molecular flexibility index (Phi) is 6.13. The highest BCUT2D eigenvalue weighted by atomic mass is 35.5. The number of pyridine rings is 1. The lowest BCUT2D eigenvalue weighted by molar-refractivity contribution is -0.122. The van der Waals surface area contributed by atoms with E-state index in [1.165, 1.54) is 6.20 Å². The minimum absolute atomic E-state index is 0.0644. The molecule has 4 rings (SSSR count). The van der Waals surface area contributed by atoms with E-state index >= 15 is 0 Å². The Bertz CT molecular complexity index is 1060. The molecule has 3 aromatic rings. The zero-order valence-corrected chi connectivity index (χ0v) is 17.5. The fourth-order valence-electron chi connectivity index (χ4n) is 4.09. The molecule has 0 aromatic carbocycles. The smallest absolute Gasteiger partial charge is 0.220 e. The number of halogens is 2. The van der Waals surface area contributed by atoms with Crippen molar-refractivity contribution in [1.29, 1.82) is 0 Å². The average Bonchev–Trinajstić information content (AvgIpc) is 3.13. The quantitative estimate of drug-likeness (QED) is 0.541. The Morgan fingerprint density at radius 1 is 1.33 bits per heavy atom. The number of amides is 1. The van der Waals surface area contributed by atoms with Gasteiger partial charge >= 0.3 is 0 Å². The maximum absolute atomic E-state index is 14.5. The van der Waals surface area contributed by atoms with Gasteiger partial charge in [-0.25, -0.2) is 19.3 Å². The largest absolute Gasteiger partial charge is 0.365 e. The van der Waals surface area contributed by atoms with Crippen molar-refractivity contribution in [2.45, 2.75) is 45.1 Å². The lowest BCUT2D eigenvalue weighted by Gasteiger charge is -2.30. The molecule has 9 heteroatoms. The first kappa shape index (κ1) is 20.5. The molecule has 0 bridgehead atoms. The number of nitrogens with one attached hydrogen (secondary N) is 3. The molecule has 1 saturated carbocycles. The molecule has 0 aliphatic heterocycles. The molecule has 7 nitrogen and oxygen atoms in total. The van der Waals surface area contributed by atoms with Gasteiger partial charge in [-0.1, -0.05) is 18.0 Å². The third-order valence-electron chi connectivity index (χ3n) is 5.45. The lowest BCUT2D eigenvalue weighted by Crippen LogP contribution is -2.32. The minimum atomic E-state index is -0.499. The van der Waals surface area contributed by atoms with E-state index in [0.717, 1.165) is 31.1 Å². The van der Waals surface area contributed by atoms with Gasteiger partial charge < -0.3 is 15.6 Å². The van der Waals surface area contributed by atoms with Crippen LogP contribution in [0.15, 0.2) is 24.7 Å². The summed E-state index contributed by atoms with van der Waals surface area (Å²) in [5, 5.41) is 7.37. The number of hydrogen-bond acceptors (Lipinski definition) is 5. The maximum Gasteiger partial charge on any atom is 0.220 e. The SMILES string of the molecule is CCNC(=O)CC1CCC[C@@H](Nc2nc(-c3c[nH]c4ncc(Cl)cc34)ncc2F)C1. The Balaban J connectivity index is 1.52. The highest BCUT2D eigenvalue weighted by Gasteiger charge is 2.25. The van der Waals surface area contributed by atoms with Crippen molar-refractivity contribution in [3.63, 3.8) is 0 Å². The summed E-state index contributed by atoms with van der Waals surface area (Å²) in [5.41, 5.74) is 1.37. The summed E-state index contributed by atoms with van der Waals surface area (Å²) in [7, 11) is 0. The molecule has 0 radical (unpaired) electrons. The van der Waals surface area contributed by atoms with E-state index in [2.05, 4.69) is 30.6 Å². The van der Waals surface area contributed by atoms with Crippen LogP contribution < -0.4 is 10.6 Å². The second-order valence-electron chi connectivity index (χ2n) is 7.67. The zero-order valence-electron chi connectivity index (χ0n) is 16.7. The monoisotopic (exact) mass is 430 g/mol. The first-order valence-corrected chi connectivity index (χ1v) is 10.6. The topological polar surface area (TPSA) is 95.6 Å². The molecule has 158 valence electrons. The summed E-state index contributed by atoms with van der Waals surface area (Å²) in [4.78, 5) is 27.8. The van der Waals surface area contributed by atoms with Crippen LogP contribution in [0.4, 0.5) is 10.2 Å². The second-order valence-corrected chi connectivity index (χ2v) is 8.11. The van der Waals surface area contributed by atoms with Gasteiger partial charge in [-0.15, -0.1) is 0 Å². The fraction of sp³-hybridized carbons (Fsp3) is 0.429. The van der Waals surface area contributed by atoms with E-state index < -0.39 is 5.82 Å². The summed E-state index contributed by atoms with van der Waals surface area (Å²) in [5.74, 6) is 0.428. The first-order valence-electron chi connectivity index (χ1n) is 10.2. The van der Waals surface area contributed by atoms with Crippen molar-refractivity contribution >= 4 is 34.4 Å². The normalized spacial score (nSPS) is 19.0. The number of nitrogens with zero attached hydrogens (tertiary/aromatic N) is 3. The van der Waals surface area contributed by atoms with Gasteiger partial charge in [0.25, 0.3) is 0 Å². The number of carbonyl (C=O) groups is 1. The van der Waals surface area contributed by atoms with Crippen LogP contribution in [0.25, 0.3) is 22.4 Å². The fourth-order valence-corrected chi connectivity index (χ4v) is 4.25. The molecule has 2 atom stereocenters. The molecule has 0 saturated heterocycles. The van der Waals surface area contributed by atoms with Gasteiger partial charge in [0.2, 0.25) is 5.91 Å². The Morgan fingerprint density at radius 2 is 2.20 bits per heavy atom. The number of H-pyrrole nitrogens is 1. The number of aromatic nitrogens is 4. The molecule has 0 spiro atoms. The number of anilines is 1. The van der Waals surface area contributed by atoms with Crippen LogP contribution in [0.3, 0.4) is 0 Å². The molecule has 1 amide bonds. The van der Waals surface area contributed by atoms with Gasteiger partial charge in [-0.3, -0.25) is 4.79 Å². The molecule has 3 heterocycles. The Morgan fingerprint density at radius 3 is 3.03 bits per heavy atom. The molecule has 1 fully saturated rings. The van der Waals surface area contributed by atoms with Crippen molar-refractivity contribution in [3.05, 3.63) is 35.5 Å². The zero-order chi connectivity index (χ0) is 21.1. The van der Waals surface area contributed by atoms with Gasteiger partial charge in [-0.2, -0.15) is 0 Å². The number of hydrogen-bond donors (Lipinski definition) is 3. The molecular weight excluding hydrogens is 407 g/mol. The second kappa shape index (κ2) is 8.95. The standard InChI is InChI=1S/C21H24ClFN6O/c1-2-24-18(30)7-12-4-3-5-14(6-12)28-21-17(23)11-27-20(29-21)16-10-26-19-15(16)8-13(22)9-25-19/h8-12,14H,2-7H2,1H3,(H,24,30)(H,25,26)(H,27,28,29)/t12?,14-/m1/s1. The van der Waals surface area contributed by atoms with Gasteiger partial charge in [0.15, 0.2) is 17.5 Å². The van der Waals surface area contributed by atoms with Crippen LogP contribution in [0, 0.1) is 11.7 Å². The molecule has 1 unspecified atom stereocenters.